The third-order valence-corrected chi connectivity index (χ3v) is 5.01. The number of benzene rings is 1. The number of aryl methyl sites for hydroxylation is 2. The van der Waals surface area contributed by atoms with Gasteiger partial charge in [-0.2, -0.15) is 0 Å². The van der Waals surface area contributed by atoms with Gasteiger partial charge in [0.2, 0.25) is 0 Å². The number of carbonyl (C=O) groups excluding carboxylic acids is 1. The number of furan rings is 1. The Bertz CT molecular complexity index is 974. The van der Waals surface area contributed by atoms with Gasteiger partial charge in [0.1, 0.15) is 17.1 Å². The first-order valence-electron chi connectivity index (χ1n) is 8.93. The lowest BCUT2D eigenvalue weighted by Crippen LogP contribution is -2.40. The van der Waals surface area contributed by atoms with Crippen LogP contribution < -0.4 is 10.1 Å². The number of carbonyl (C=O) groups is 1. The zero-order valence-electron chi connectivity index (χ0n) is 15.6. The van der Waals surface area contributed by atoms with Crippen molar-refractivity contribution in [1.29, 1.82) is 0 Å². The summed E-state index contributed by atoms with van der Waals surface area (Å²) < 4.78 is 21.9. The van der Waals surface area contributed by atoms with E-state index in [0.29, 0.717) is 36.7 Å². The van der Waals surface area contributed by atoms with Crippen LogP contribution in [0.25, 0.3) is 11.0 Å². The summed E-state index contributed by atoms with van der Waals surface area (Å²) in [6.07, 6.45) is 0.669. The van der Waals surface area contributed by atoms with Gasteiger partial charge in [-0.25, -0.2) is 0 Å². The Labute approximate surface area is 156 Å². The van der Waals surface area contributed by atoms with Gasteiger partial charge < -0.3 is 23.7 Å². The third-order valence-electron chi connectivity index (χ3n) is 5.01. The van der Waals surface area contributed by atoms with Gasteiger partial charge in [-0.1, -0.05) is 5.16 Å². The molecule has 1 aliphatic rings. The minimum Gasteiger partial charge on any atom is -0.497 e. The molecule has 2 atom stereocenters. The summed E-state index contributed by atoms with van der Waals surface area (Å²) in [6.45, 7) is 4.81. The lowest BCUT2D eigenvalue weighted by Gasteiger charge is -2.17. The molecule has 2 aromatic heterocycles. The molecule has 1 aliphatic heterocycles. The zero-order valence-corrected chi connectivity index (χ0v) is 15.6. The van der Waals surface area contributed by atoms with Crippen LogP contribution in [0.3, 0.4) is 0 Å². The second-order valence-corrected chi connectivity index (χ2v) is 6.93. The largest absolute Gasteiger partial charge is 0.497 e. The zero-order chi connectivity index (χ0) is 19.0. The van der Waals surface area contributed by atoms with Gasteiger partial charge in [-0.3, -0.25) is 4.79 Å². The maximum absolute atomic E-state index is 12.8. The van der Waals surface area contributed by atoms with Gasteiger partial charge in [-0.05, 0) is 26.0 Å². The number of hydrogen-bond donors (Lipinski definition) is 1. The summed E-state index contributed by atoms with van der Waals surface area (Å²) in [6, 6.07) is 7.34. The van der Waals surface area contributed by atoms with Gasteiger partial charge in [0, 0.05) is 35.4 Å². The van der Waals surface area contributed by atoms with Crippen molar-refractivity contribution in [2.75, 3.05) is 20.3 Å². The molecule has 1 fully saturated rings. The van der Waals surface area contributed by atoms with E-state index in [1.54, 1.807) is 13.2 Å². The quantitative estimate of drug-likeness (QED) is 0.743. The molecule has 1 aromatic carbocycles. The molecule has 3 aromatic rings. The van der Waals surface area contributed by atoms with E-state index in [4.69, 9.17) is 18.4 Å². The predicted molar refractivity (Wildman–Crippen MR) is 98.0 cm³/mol. The molecule has 7 nitrogen and oxygen atoms in total. The fraction of sp³-hybridized carbons (Fsp3) is 0.400. The van der Waals surface area contributed by atoms with Gasteiger partial charge in [0.15, 0.2) is 5.76 Å². The van der Waals surface area contributed by atoms with E-state index < -0.39 is 0 Å². The number of ether oxygens (including phenoxy) is 2. The number of amides is 1. The van der Waals surface area contributed by atoms with Crippen LogP contribution in [0.5, 0.6) is 5.75 Å². The molecule has 0 unspecified atom stereocenters. The molecule has 27 heavy (non-hydrogen) atoms. The Morgan fingerprint density at radius 2 is 2.15 bits per heavy atom. The first-order chi connectivity index (χ1) is 13.0. The average Bonchev–Trinajstić information content (AvgIpc) is 3.35. The number of hydrogen-bond acceptors (Lipinski definition) is 6. The molecule has 0 aliphatic carbocycles. The molecule has 7 heteroatoms. The van der Waals surface area contributed by atoms with Crippen molar-refractivity contribution >= 4 is 16.9 Å². The summed E-state index contributed by atoms with van der Waals surface area (Å²) in [5.74, 6) is 1.70. The van der Waals surface area contributed by atoms with E-state index in [0.717, 1.165) is 22.4 Å². The Morgan fingerprint density at radius 1 is 1.30 bits per heavy atom. The van der Waals surface area contributed by atoms with E-state index in [2.05, 4.69) is 10.5 Å². The van der Waals surface area contributed by atoms with Crippen LogP contribution in [0.15, 0.2) is 33.2 Å². The van der Waals surface area contributed by atoms with Gasteiger partial charge in [0.25, 0.3) is 5.91 Å². The molecule has 0 spiro atoms. The first kappa shape index (κ1) is 17.6. The van der Waals surface area contributed by atoms with Crippen LogP contribution in [0, 0.1) is 19.8 Å². The molecule has 142 valence electrons. The molecule has 0 bridgehead atoms. The molecule has 1 saturated heterocycles. The van der Waals surface area contributed by atoms with Gasteiger partial charge >= 0.3 is 0 Å². The van der Waals surface area contributed by atoms with E-state index in [-0.39, 0.29) is 17.9 Å². The summed E-state index contributed by atoms with van der Waals surface area (Å²) in [4.78, 5) is 12.8. The van der Waals surface area contributed by atoms with E-state index in [1.807, 2.05) is 32.0 Å². The SMILES string of the molecule is COc1ccc2c(C)c(C(=O)N[C@@H]3COC[C@@H]3Cc3cc(C)no3)oc2c1. The number of fused-ring (bicyclic) bond motifs is 1. The van der Waals surface area contributed by atoms with Crippen molar-refractivity contribution in [2.45, 2.75) is 26.3 Å². The van der Waals surface area contributed by atoms with Crippen LogP contribution in [-0.2, 0) is 11.2 Å². The first-order valence-corrected chi connectivity index (χ1v) is 8.93. The highest BCUT2D eigenvalue weighted by Gasteiger charge is 2.32. The molecule has 1 amide bonds. The number of methoxy groups -OCH3 is 1. The summed E-state index contributed by atoms with van der Waals surface area (Å²) in [5, 5.41) is 7.87. The highest BCUT2D eigenvalue weighted by Crippen LogP contribution is 2.29. The van der Waals surface area contributed by atoms with Crippen molar-refractivity contribution < 1.29 is 23.2 Å². The van der Waals surface area contributed by atoms with Crippen molar-refractivity contribution in [3.8, 4) is 5.75 Å². The summed E-state index contributed by atoms with van der Waals surface area (Å²) in [7, 11) is 1.60. The van der Waals surface area contributed by atoms with Crippen LogP contribution in [0.4, 0.5) is 0 Å². The standard InChI is InChI=1S/C20H22N2O5/c1-11-6-15(27-22-11)7-13-9-25-10-17(13)21-20(23)19-12(2)16-5-4-14(24-3)8-18(16)26-19/h4-6,8,13,17H,7,9-10H2,1-3H3,(H,21,23)/t13-,17+/m0/s1. The Balaban J connectivity index is 1.51. The van der Waals surface area contributed by atoms with Crippen molar-refractivity contribution in [2.24, 2.45) is 5.92 Å². The van der Waals surface area contributed by atoms with E-state index in [9.17, 15) is 4.79 Å². The lowest BCUT2D eigenvalue weighted by molar-refractivity contribution is 0.0897. The second-order valence-electron chi connectivity index (χ2n) is 6.93. The van der Waals surface area contributed by atoms with Crippen molar-refractivity contribution in [3.05, 3.63) is 47.0 Å². The highest BCUT2D eigenvalue weighted by molar-refractivity contribution is 5.99. The van der Waals surface area contributed by atoms with Crippen LogP contribution in [-0.4, -0.2) is 37.4 Å². The average molecular weight is 370 g/mol. The monoisotopic (exact) mass is 370 g/mol. The predicted octanol–water partition coefficient (Wildman–Crippen LogP) is 3.03. The normalized spacial score (nSPS) is 19.5. The fourth-order valence-corrected chi connectivity index (χ4v) is 3.51. The summed E-state index contributed by atoms with van der Waals surface area (Å²) >= 11 is 0. The van der Waals surface area contributed by atoms with Crippen LogP contribution in [0.1, 0.15) is 27.6 Å². The Kier molecular flexibility index (Phi) is 4.61. The number of nitrogens with zero attached hydrogens (tertiary/aromatic N) is 1. The molecule has 0 saturated carbocycles. The smallest absolute Gasteiger partial charge is 0.287 e. The molecular formula is C20H22N2O5. The molecule has 1 N–H and O–H groups in total. The molecule has 3 heterocycles. The second kappa shape index (κ2) is 7.08. The maximum atomic E-state index is 12.8. The highest BCUT2D eigenvalue weighted by atomic mass is 16.5. The van der Waals surface area contributed by atoms with Crippen LogP contribution in [0.2, 0.25) is 0 Å². The van der Waals surface area contributed by atoms with Crippen molar-refractivity contribution in [3.63, 3.8) is 0 Å². The molecule has 0 radical (unpaired) electrons. The number of aromatic nitrogens is 1. The Morgan fingerprint density at radius 3 is 2.89 bits per heavy atom. The summed E-state index contributed by atoms with van der Waals surface area (Å²) in [5.41, 5.74) is 2.29. The minimum atomic E-state index is -0.239. The van der Waals surface area contributed by atoms with Crippen LogP contribution >= 0.6 is 0 Å². The maximum Gasteiger partial charge on any atom is 0.287 e. The van der Waals surface area contributed by atoms with Gasteiger partial charge in [-0.15, -0.1) is 0 Å². The van der Waals surface area contributed by atoms with Gasteiger partial charge in [0.05, 0.1) is 32.1 Å². The lowest BCUT2D eigenvalue weighted by atomic mass is 9.98. The fourth-order valence-electron chi connectivity index (χ4n) is 3.51. The van der Waals surface area contributed by atoms with E-state index in [1.165, 1.54) is 0 Å². The third kappa shape index (κ3) is 3.42. The number of rotatable bonds is 5. The van der Waals surface area contributed by atoms with Crippen molar-refractivity contribution in [1.82, 2.24) is 10.5 Å². The minimum absolute atomic E-state index is 0.106. The Hall–Kier alpha value is -2.80. The topological polar surface area (TPSA) is 86.7 Å². The van der Waals surface area contributed by atoms with E-state index >= 15 is 0 Å². The number of nitrogens with one attached hydrogen (secondary N) is 1. The molecular weight excluding hydrogens is 348 g/mol. The molecule has 4 rings (SSSR count).